The number of hydrogen-bond acceptors (Lipinski definition) is 3. The van der Waals surface area contributed by atoms with Gasteiger partial charge < -0.3 is 15.0 Å². The first-order valence-corrected chi connectivity index (χ1v) is 22.7. The summed E-state index contributed by atoms with van der Waals surface area (Å²) in [4.78, 5) is 13.9. The molecule has 7 aromatic carbocycles. The fraction of sp³-hybridized carbons (Fsp3) is 0.0952. The van der Waals surface area contributed by atoms with E-state index in [1.54, 1.807) is 0 Å². The SMILES string of the molecule is Cc1ccc(-c2[c-]cc(CCc3cc(CCc4c[c-]c(-c5ccccn5)cc4)cc(-c4ccccc4-c4c[c-]c(-c5cc(-c6ccc(-c7ccccc7)cc6C)ccn5)cc4)c3)cc2)nc1.[Ir+3]. The molecule has 3 heterocycles. The summed E-state index contributed by atoms with van der Waals surface area (Å²) in [6.07, 6.45) is 9.30. The van der Waals surface area contributed by atoms with Crippen LogP contribution < -0.4 is 0 Å². The molecule has 0 aliphatic heterocycles. The van der Waals surface area contributed by atoms with E-state index in [9.17, 15) is 0 Å². The van der Waals surface area contributed by atoms with Gasteiger partial charge in [-0.15, -0.1) is 101 Å². The fourth-order valence-corrected chi connectivity index (χ4v) is 8.76. The predicted octanol–water partition coefficient (Wildman–Crippen LogP) is 15.1. The Morgan fingerprint density at radius 3 is 1.57 bits per heavy atom. The molecule has 0 unspecified atom stereocenters. The van der Waals surface area contributed by atoms with E-state index in [2.05, 4.69) is 212 Å². The van der Waals surface area contributed by atoms with Crippen molar-refractivity contribution in [3.8, 4) is 78.3 Å². The van der Waals surface area contributed by atoms with Crippen LogP contribution in [0, 0.1) is 32.0 Å². The molecule has 0 saturated heterocycles. The van der Waals surface area contributed by atoms with Crippen molar-refractivity contribution in [1.82, 2.24) is 15.0 Å². The van der Waals surface area contributed by atoms with Crippen LogP contribution in [-0.2, 0) is 45.8 Å². The summed E-state index contributed by atoms with van der Waals surface area (Å²) < 4.78 is 0. The molecule has 3 nitrogen and oxygen atoms in total. The molecule has 0 amide bonds. The average Bonchev–Trinajstić information content (AvgIpc) is 3.38. The van der Waals surface area contributed by atoms with E-state index >= 15 is 0 Å². The fourth-order valence-electron chi connectivity index (χ4n) is 8.76. The van der Waals surface area contributed by atoms with Crippen LogP contribution in [0.5, 0.6) is 0 Å². The third kappa shape index (κ3) is 10.7. The quantitative estimate of drug-likeness (QED) is 0.108. The van der Waals surface area contributed by atoms with Crippen LogP contribution in [-0.4, -0.2) is 15.0 Å². The number of hydrogen-bond donors (Lipinski definition) is 0. The first kappa shape index (κ1) is 44.8. The zero-order valence-electron chi connectivity index (χ0n) is 37.6. The van der Waals surface area contributed by atoms with Crippen molar-refractivity contribution in [3.05, 3.63) is 258 Å². The largest absolute Gasteiger partial charge is 3.00 e. The summed E-state index contributed by atoms with van der Waals surface area (Å²) in [5.74, 6) is 0. The standard InChI is InChI=1S/C63H48N3.Ir/c1-44-15-34-62(66-43-44)53-26-22-47(23-27-53)17-19-49-39-48(18-16-46-20-24-52(25-21-46)61-14-8-9-36-64-61)40-57(41-49)60-13-7-6-12-59(60)51-28-30-54(31-29-51)63-42-56(35-37-65-63)58-33-32-55(38-45(58)2)50-10-4-3-5-11-50;/h3-15,20-24,26,28-30,32-43H,16-19H2,1-2H3;/q-3;+3. The van der Waals surface area contributed by atoms with Gasteiger partial charge in [0.05, 0.1) is 0 Å². The molecular formula is C63H48IrN3. The molecule has 0 bridgehead atoms. The average molecular weight is 1040 g/mol. The van der Waals surface area contributed by atoms with Gasteiger partial charge in [-0.25, -0.2) is 0 Å². The summed E-state index contributed by atoms with van der Waals surface area (Å²) >= 11 is 0. The van der Waals surface area contributed by atoms with E-state index in [0.717, 1.165) is 76.1 Å². The van der Waals surface area contributed by atoms with E-state index in [-0.39, 0.29) is 20.1 Å². The molecule has 0 N–H and O–H groups in total. The number of rotatable bonds is 13. The maximum Gasteiger partial charge on any atom is 3.00 e. The van der Waals surface area contributed by atoms with Gasteiger partial charge in [0.25, 0.3) is 0 Å². The Kier molecular flexibility index (Phi) is 14.0. The minimum absolute atomic E-state index is 0. The Morgan fingerprint density at radius 2 is 0.955 bits per heavy atom. The van der Waals surface area contributed by atoms with Gasteiger partial charge in [-0.1, -0.05) is 145 Å². The van der Waals surface area contributed by atoms with Crippen LogP contribution in [0.3, 0.4) is 0 Å². The Morgan fingerprint density at radius 1 is 0.358 bits per heavy atom. The first-order chi connectivity index (χ1) is 32.5. The van der Waals surface area contributed by atoms with Crippen molar-refractivity contribution >= 4 is 0 Å². The molecule has 4 heteroatoms. The van der Waals surface area contributed by atoms with Crippen molar-refractivity contribution < 1.29 is 20.1 Å². The van der Waals surface area contributed by atoms with Crippen molar-refractivity contribution in [3.63, 3.8) is 0 Å². The molecule has 0 aliphatic carbocycles. The molecule has 0 saturated carbocycles. The third-order valence-corrected chi connectivity index (χ3v) is 12.4. The molecule has 67 heavy (non-hydrogen) atoms. The van der Waals surface area contributed by atoms with Crippen LogP contribution >= 0.6 is 0 Å². The monoisotopic (exact) mass is 1040 g/mol. The zero-order chi connectivity index (χ0) is 44.7. The second-order valence-corrected chi connectivity index (χ2v) is 17.1. The van der Waals surface area contributed by atoms with Crippen molar-refractivity contribution in [2.24, 2.45) is 0 Å². The minimum atomic E-state index is 0. The van der Waals surface area contributed by atoms with Gasteiger partial charge in [-0.3, -0.25) is 0 Å². The number of pyridine rings is 3. The minimum Gasteiger partial charge on any atom is -0.305 e. The van der Waals surface area contributed by atoms with Gasteiger partial charge in [0.2, 0.25) is 0 Å². The molecule has 0 fully saturated rings. The van der Waals surface area contributed by atoms with Crippen LogP contribution in [0.25, 0.3) is 78.3 Å². The Hall–Kier alpha value is -7.36. The predicted molar refractivity (Wildman–Crippen MR) is 272 cm³/mol. The topological polar surface area (TPSA) is 38.7 Å². The van der Waals surface area contributed by atoms with E-state index in [1.807, 2.05) is 36.8 Å². The van der Waals surface area contributed by atoms with E-state index in [4.69, 9.17) is 4.98 Å². The Balaban J connectivity index is 0.00000562. The van der Waals surface area contributed by atoms with E-state index in [1.165, 1.54) is 61.2 Å². The van der Waals surface area contributed by atoms with Crippen LogP contribution in [0.4, 0.5) is 0 Å². The number of aromatic nitrogens is 3. The molecule has 324 valence electrons. The Bertz CT molecular complexity index is 3220. The smallest absolute Gasteiger partial charge is 0.305 e. The molecule has 0 radical (unpaired) electrons. The molecule has 0 spiro atoms. The van der Waals surface area contributed by atoms with E-state index < -0.39 is 0 Å². The van der Waals surface area contributed by atoms with Crippen LogP contribution in [0.15, 0.2) is 207 Å². The Labute approximate surface area is 408 Å². The second kappa shape index (κ2) is 20.9. The summed E-state index contributed by atoms with van der Waals surface area (Å²) in [5, 5.41) is 0. The summed E-state index contributed by atoms with van der Waals surface area (Å²) in [6.45, 7) is 4.24. The van der Waals surface area contributed by atoms with Crippen molar-refractivity contribution in [2.75, 3.05) is 0 Å². The molecular weight excluding hydrogens is 991 g/mol. The molecule has 10 rings (SSSR count). The van der Waals surface area contributed by atoms with Crippen molar-refractivity contribution in [1.29, 1.82) is 0 Å². The van der Waals surface area contributed by atoms with Gasteiger partial charge in [0, 0.05) is 18.6 Å². The molecule has 10 aromatic rings. The second-order valence-electron chi connectivity index (χ2n) is 17.1. The normalized spacial score (nSPS) is 11.0. The van der Waals surface area contributed by atoms with E-state index in [0.29, 0.717) is 0 Å². The van der Waals surface area contributed by atoms with Crippen LogP contribution in [0.1, 0.15) is 33.4 Å². The van der Waals surface area contributed by atoms with Gasteiger partial charge in [0.15, 0.2) is 0 Å². The maximum absolute atomic E-state index is 4.79. The third-order valence-electron chi connectivity index (χ3n) is 12.4. The van der Waals surface area contributed by atoms with Gasteiger partial charge in [-0.2, -0.15) is 0 Å². The first-order valence-electron chi connectivity index (χ1n) is 22.7. The maximum atomic E-state index is 4.79. The summed E-state index contributed by atoms with van der Waals surface area (Å²) in [7, 11) is 0. The number of nitrogens with zero attached hydrogens (tertiary/aromatic N) is 3. The number of aryl methyl sites for hydroxylation is 6. The zero-order valence-corrected chi connectivity index (χ0v) is 40.0. The van der Waals surface area contributed by atoms with Gasteiger partial charge in [-0.05, 0) is 112 Å². The number of benzene rings is 7. The van der Waals surface area contributed by atoms with Crippen LogP contribution in [0.2, 0.25) is 0 Å². The molecule has 0 aliphatic rings. The molecule has 0 atom stereocenters. The van der Waals surface area contributed by atoms with Crippen molar-refractivity contribution in [2.45, 2.75) is 39.5 Å². The van der Waals surface area contributed by atoms with Gasteiger partial charge in [0.1, 0.15) is 0 Å². The summed E-state index contributed by atoms with van der Waals surface area (Å²) in [6, 6.07) is 77.6. The summed E-state index contributed by atoms with van der Waals surface area (Å²) in [5.41, 5.74) is 22.8. The molecule has 3 aromatic heterocycles. The van der Waals surface area contributed by atoms with Gasteiger partial charge >= 0.3 is 20.1 Å².